The highest BCUT2D eigenvalue weighted by Gasteiger charge is 2.35. The Morgan fingerprint density at radius 1 is 1.32 bits per heavy atom. The fourth-order valence-electron chi connectivity index (χ4n) is 3.80. The minimum atomic E-state index is 0.289. The van der Waals surface area contributed by atoms with Gasteiger partial charge in [0.2, 0.25) is 5.91 Å². The zero-order valence-corrected chi connectivity index (χ0v) is 11.2. The first-order valence-electron chi connectivity index (χ1n) is 7.15. The van der Waals surface area contributed by atoms with Gasteiger partial charge in [-0.1, -0.05) is 12.1 Å². The number of amides is 1. The molecule has 2 aliphatic heterocycles. The van der Waals surface area contributed by atoms with Gasteiger partial charge in [0.25, 0.3) is 0 Å². The number of aryl methyl sites for hydroxylation is 1. The predicted octanol–water partition coefficient (Wildman–Crippen LogP) is 3.09. The van der Waals surface area contributed by atoms with Gasteiger partial charge < -0.3 is 9.88 Å². The van der Waals surface area contributed by atoms with Crippen molar-refractivity contribution < 1.29 is 4.79 Å². The summed E-state index contributed by atoms with van der Waals surface area (Å²) in [6.45, 7) is 3.06. The molecule has 3 nitrogen and oxygen atoms in total. The van der Waals surface area contributed by atoms with Crippen LogP contribution >= 0.6 is 0 Å². The number of aromatic nitrogens is 1. The summed E-state index contributed by atoms with van der Waals surface area (Å²) in [6.07, 6.45) is 3.84. The standard InChI is InChI=1S/C16H18N2O/c1-10-4-2-5-12-15(10)11-8-9-18-13(16(11)17-12)6-3-7-14(18)19/h2,4-5,13,17H,3,6-9H2,1H3/t13-/m1/s1. The Kier molecular flexibility index (Phi) is 2.25. The summed E-state index contributed by atoms with van der Waals surface area (Å²) in [7, 11) is 0. The van der Waals surface area contributed by atoms with E-state index < -0.39 is 0 Å². The van der Waals surface area contributed by atoms with E-state index in [1.807, 2.05) is 0 Å². The van der Waals surface area contributed by atoms with E-state index in [1.54, 1.807) is 0 Å². The Bertz CT molecular complexity index is 671. The Balaban J connectivity index is 1.92. The van der Waals surface area contributed by atoms with Crippen molar-refractivity contribution in [3.8, 4) is 0 Å². The third kappa shape index (κ3) is 1.47. The summed E-state index contributed by atoms with van der Waals surface area (Å²) in [4.78, 5) is 17.7. The number of carbonyl (C=O) groups is 1. The van der Waals surface area contributed by atoms with Crippen molar-refractivity contribution in [1.29, 1.82) is 0 Å². The molecule has 4 rings (SSSR count). The van der Waals surface area contributed by atoms with Crippen molar-refractivity contribution in [3.63, 3.8) is 0 Å². The fraction of sp³-hybridized carbons (Fsp3) is 0.438. The average molecular weight is 254 g/mol. The highest BCUT2D eigenvalue weighted by Crippen LogP contribution is 2.40. The van der Waals surface area contributed by atoms with E-state index in [0.29, 0.717) is 5.91 Å². The number of hydrogen-bond acceptors (Lipinski definition) is 1. The Morgan fingerprint density at radius 2 is 2.21 bits per heavy atom. The van der Waals surface area contributed by atoms with Gasteiger partial charge in [0.15, 0.2) is 0 Å². The van der Waals surface area contributed by atoms with E-state index in [4.69, 9.17) is 0 Å². The van der Waals surface area contributed by atoms with Gasteiger partial charge in [-0.3, -0.25) is 4.79 Å². The molecule has 1 saturated heterocycles. The highest BCUT2D eigenvalue weighted by atomic mass is 16.2. The second kappa shape index (κ2) is 3.86. The van der Waals surface area contributed by atoms with E-state index in [-0.39, 0.29) is 6.04 Å². The molecule has 1 aromatic carbocycles. The van der Waals surface area contributed by atoms with E-state index in [1.165, 1.54) is 27.7 Å². The molecule has 3 heteroatoms. The molecule has 0 bridgehead atoms. The van der Waals surface area contributed by atoms with E-state index in [9.17, 15) is 4.79 Å². The second-order valence-corrected chi connectivity index (χ2v) is 5.76. The number of fused-ring (bicyclic) bond motifs is 5. The highest BCUT2D eigenvalue weighted by molar-refractivity contribution is 5.89. The molecule has 98 valence electrons. The average Bonchev–Trinajstić information content (AvgIpc) is 2.79. The quantitative estimate of drug-likeness (QED) is 0.770. The van der Waals surface area contributed by atoms with Crippen molar-refractivity contribution in [2.45, 2.75) is 38.6 Å². The van der Waals surface area contributed by atoms with Crippen molar-refractivity contribution in [1.82, 2.24) is 9.88 Å². The van der Waals surface area contributed by atoms with E-state index in [2.05, 4.69) is 35.0 Å². The maximum atomic E-state index is 12.0. The number of nitrogens with zero attached hydrogens (tertiary/aromatic N) is 1. The molecule has 1 atom stereocenters. The number of H-pyrrole nitrogens is 1. The number of benzene rings is 1. The van der Waals surface area contributed by atoms with Gasteiger partial charge in [-0.25, -0.2) is 0 Å². The van der Waals surface area contributed by atoms with Crippen molar-refractivity contribution in [2.75, 3.05) is 6.54 Å². The summed E-state index contributed by atoms with van der Waals surface area (Å²) >= 11 is 0. The molecule has 1 amide bonds. The molecule has 3 heterocycles. The van der Waals surface area contributed by atoms with E-state index >= 15 is 0 Å². The zero-order valence-electron chi connectivity index (χ0n) is 11.2. The molecule has 1 fully saturated rings. The van der Waals surface area contributed by atoms with Gasteiger partial charge >= 0.3 is 0 Å². The van der Waals surface area contributed by atoms with Gasteiger partial charge in [0.1, 0.15) is 0 Å². The maximum absolute atomic E-state index is 12.0. The van der Waals surface area contributed by atoms with Crippen LogP contribution in [0.2, 0.25) is 0 Å². The minimum Gasteiger partial charge on any atom is -0.356 e. The summed E-state index contributed by atoms with van der Waals surface area (Å²) in [5.74, 6) is 0.331. The van der Waals surface area contributed by atoms with Crippen LogP contribution in [0.25, 0.3) is 10.9 Å². The van der Waals surface area contributed by atoms with Gasteiger partial charge in [-0.05, 0) is 43.4 Å². The number of carbonyl (C=O) groups excluding carboxylic acids is 1. The molecular weight excluding hydrogens is 236 g/mol. The van der Waals surface area contributed by atoms with Crippen LogP contribution in [0, 0.1) is 6.92 Å². The number of piperidine rings is 1. The molecule has 0 aliphatic carbocycles. The van der Waals surface area contributed by atoms with Crippen LogP contribution in [0.5, 0.6) is 0 Å². The molecule has 2 aliphatic rings. The smallest absolute Gasteiger partial charge is 0.223 e. The summed E-state index contributed by atoms with van der Waals surface area (Å²) in [6, 6.07) is 6.71. The van der Waals surface area contributed by atoms with Crippen LogP contribution in [-0.4, -0.2) is 22.3 Å². The normalized spacial score (nSPS) is 22.5. The SMILES string of the molecule is Cc1cccc2[nH]c3c(c12)CCN1C(=O)CCC[C@H]31. The van der Waals surface area contributed by atoms with E-state index in [0.717, 1.165) is 32.2 Å². The lowest BCUT2D eigenvalue weighted by Crippen LogP contribution is -2.42. The lowest BCUT2D eigenvalue weighted by molar-refractivity contribution is -0.137. The monoisotopic (exact) mass is 254 g/mol. The maximum Gasteiger partial charge on any atom is 0.223 e. The third-order valence-electron chi connectivity index (χ3n) is 4.67. The first-order chi connectivity index (χ1) is 9.25. The number of hydrogen-bond donors (Lipinski definition) is 1. The Labute approximate surface area is 112 Å². The van der Waals surface area contributed by atoms with Gasteiger partial charge in [0, 0.05) is 29.6 Å². The van der Waals surface area contributed by atoms with Gasteiger partial charge in [0.05, 0.1) is 6.04 Å². The minimum absolute atomic E-state index is 0.289. The third-order valence-corrected chi connectivity index (χ3v) is 4.67. The first-order valence-corrected chi connectivity index (χ1v) is 7.15. The zero-order chi connectivity index (χ0) is 13.0. The lowest BCUT2D eigenvalue weighted by Gasteiger charge is -2.39. The van der Waals surface area contributed by atoms with Crippen molar-refractivity contribution >= 4 is 16.8 Å². The van der Waals surface area contributed by atoms with Gasteiger partial charge in [-0.2, -0.15) is 0 Å². The van der Waals surface area contributed by atoms with Crippen molar-refractivity contribution in [2.24, 2.45) is 0 Å². The van der Waals surface area contributed by atoms with Crippen LogP contribution in [0.15, 0.2) is 18.2 Å². The van der Waals surface area contributed by atoms with Crippen LogP contribution in [0.3, 0.4) is 0 Å². The largest absolute Gasteiger partial charge is 0.356 e. The predicted molar refractivity (Wildman–Crippen MR) is 75.0 cm³/mol. The fourth-order valence-corrected chi connectivity index (χ4v) is 3.80. The molecule has 1 aromatic heterocycles. The topological polar surface area (TPSA) is 36.1 Å². The molecule has 2 aromatic rings. The molecule has 1 N–H and O–H groups in total. The summed E-state index contributed by atoms with van der Waals surface area (Å²) in [5, 5.41) is 1.38. The number of rotatable bonds is 0. The molecular formula is C16H18N2O. The van der Waals surface area contributed by atoms with Crippen LogP contribution in [0.4, 0.5) is 0 Å². The molecule has 0 unspecified atom stereocenters. The lowest BCUT2D eigenvalue weighted by atomic mass is 9.90. The summed E-state index contributed by atoms with van der Waals surface area (Å²) < 4.78 is 0. The number of aromatic amines is 1. The van der Waals surface area contributed by atoms with Crippen LogP contribution in [-0.2, 0) is 11.2 Å². The second-order valence-electron chi connectivity index (χ2n) is 5.76. The van der Waals surface area contributed by atoms with Crippen LogP contribution < -0.4 is 0 Å². The first kappa shape index (κ1) is 11.1. The number of nitrogens with one attached hydrogen (secondary N) is 1. The Hall–Kier alpha value is -1.77. The van der Waals surface area contributed by atoms with Gasteiger partial charge in [-0.15, -0.1) is 0 Å². The molecule has 0 saturated carbocycles. The Morgan fingerprint density at radius 3 is 3.11 bits per heavy atom. The van der Waals surface area contributed by atoms with Crippen molar-refractivity contribution in [3.05, 3.63) is 35.0 Å². The molecule has 0 radical (unpaired) electrons. The molecule has 0 spiro atoms. The van der Waals surface area contributed by atoms with Crippen LogP contribution in [0.1, 0.15) is 42.1 Å². The summed E-state index contributed by atoms with van der Waals surface area (Å²) in [5.41, 5.74) is 5.31. The molecule has 19 heavy (non-hydrogen) atoms.